The zero-order valence-corrected chi connectivity index (χ0v) is 19.6. The Kier molecular flexibility index (Phi) is 5.64. The van der Waals surface area contributed by atoms with E-state index < -0.39 is 17.9 Å². The molecule has 0 radical (unpaired) electrons. The quantitative estimate of drug-likeness (QED) is 0.439. The maximum Gasteiger partial charge on any atom is 0.436 e. The summed E-state index contributed by atoms with van der Waals surface area (Å²) in [4.78, 5) is 20.5. The van der Waals surface area contributed by atoms with Gasteiger partial charge in [-0.05, 0) is 30.2 Å². The number of benzene rings is 1. The lowest BCUT2D eigenvalue weighted by Crippen LogP contribution is -2.38. The number of aromatic nitrogens is 6. The van der Waals surface area contributed by atoms with E-state index in [2.05, 4.69) is 30.1 Å². The van der Waals surface area contributed by atoms with Gasteiger partial charge in [-0.25, -0.2) is 15.0 Å². The van der Waals surface area contributed by atoms with E-state index in [0.717, 1.165) is 27.7 Å². The van der Waals surface area contributed by atoms with Crippen LogP contribution in [0.2, 0.25) is 5.02 Å². The minimum absolute atomic E-state index is 0.0904. The standard InChI is InChI=1S/C23H20ClF3N8O/c24-14-1-2-17-16(9-14)15-3-4-35(22-30-12-18(32-33-22)23(25,26)27)20(19(15)31-17)13-10-28-21(29-11-13)34-5-7-36-8-6-34/h1-2,9-12,20,31H,3-8H2. The first-order chi connectivity index (χ1) is 17.4. The van der Waals surface area contributed by atoms with Gasteiger partial charge in [0.2, 0.25) is 11.9 Å². The van der Waals surface area contributed by atoms with Crippen LogP contribution < -0.4 is 9.80 Å². The van der Waals surface area contributed by atoms with Crippen molar-refractivity contribution < 1.29 is 17.9 Å². The molecule has 1 unspecified atom stereocenters. The number of rotatable bonds is 3. The van der Waals surface area contributed by atoms with E-state index in [1.54, 1.807) is 12.4 Å². The first-order valence-corrected chi connectivity index (χ1v) is 11.7. The number of nitrogens with one attached hydrogen (secondary N) is 1. The molecule has 1 aromatic carbocycles. The van der Waals surface area contributed by atoms with Gasteiger partial charge < -0.3 is 19.5 Å². The van der Waals surface area contributed by atoms with Crippen molar-refractivity contribution in [3.05, 3.63) is 64.3 Å². The Morgan fingerprint density at radius 2 is 1.72 bits per heavy atom. The van der Waals surface area contributed by atoms with Crippen LogP contribution in [0.1, 0.15) is 28.6 Å². The second-order valence-electron chi connectivity index (χ2n) is 8.61. The molecule has 1 saturated heterocycles. The monoisotopic (exact) mass is 516 g/mol. The Bertz CT molecular complexity index is 1390. The SMILES string of the molecule is FC(F)(F)c1cnc(N2CCc3c([nH]c4ccc(Cl)cc34)C2c2cnc(N3CCOCC3)nc2)nn1. The molecule has 2 aliphatic rings. The fraction of sp³-hybridized carbons (Fsp3) is 0.348. The molecule has 1 N–H and O–H groups in total. The third-order valence-electron chi connectivity index (χ3n) is 6.45. The fourth-order valence-corrected chi connectivity index (χ4v) is 4.92. The van der Waals surface area contributed by atoms with Gasteiger partial charge in [0.25, 0.3) is 0 Å². The van der Waals surface area contributed by atoms with Crippen LogP contribution in [-0.4, -0.2) is 63.0 Å². The normalized spacial score (nSPS) is 18.5. The molecule has 5 heterocycles. The molecular weight excluding hydrogens is 497 g/mol. The van der Waals surface area contributed by atoms with E-state index in [4.69, 9.17) is 16.3 Å². The van der Waals surface area contributed by atoms with Crippen molar-refractivity contribution in [2.75, 3.05) is 42.6 Å². The summed E-state index contributed by atoms with van der Waals surface area (Å²) in [6, 6.07) is 5.16. The van der Waals surface area contributed by atoms with E-state index in [1.807, 2.05) is 28.0 Å². The van der Waals surface area contributed by atoms with Gasteiger partial charge in [-0.15, -0.1) is 10.2 Å². The Labute approximate surface area is 208 Å². The van der Waals surface area contributed by atoms with Crippen LogP contribution in [0, 0.1) is 0 Å². The third kappa shape index (κ3) is 4.09. The van der Waals surface area contributed by atoms with Gasteiger partial charge in [-0.3, -0.25) is 0 Å². The molecule has 186 valence electrons. The highest BCUT2D eigenvalue weighted by Gasteiger charge is 2.37. The highest BCUT2D eigenvalue weighted by molar-refractivity contribution is 6.31. The lowest BCUT2D eigenvalue weighted by molar-refractivity contribution is -0.142. The molecule has 9 nitrogen and oxygen atoms in total. The van der Waals surface area contributed by atoms with Crippen LogP contribution in [0.15, 0.2) is 36.8 Å². The topological polar surface area (TPSA) is 96.0 Å². The minimum Gasteiger partial charge on any atom is -0.378 e. The van der Waals surface area contributed by atoms with Crippen LogP contribution >= 0.6 is 11.6 Å². The van der Waals surface area contributed by atoms with E-state index >= 15 is 0 Å². The Morgan fingerprint density at radius 1 is 0.972 bits per heavy atom. The van der Waals surface area contributed by atoms with Crippen molar-refractivity contribution in [1.82, 2.24) is 30.1 Å². The molecule has 4 aromatic rings. The summed E-state index contributed by atoms with van der Waals surface area (Å²) < 4.78 is 44.5. The van der Waals surface area contributed by atoms with Gasteiger partial charge in [-0.1, -0.05) is 11.6 Å². The summed E-state index contributed by atoms with van der Waals surface area (Å²) in [6.07, 6.45) is 0.176. The van der Waals surface area contributed by atoms with Gasteiger partial charge in [0.15, 0.2) is 5.69 Å². The fourth-order valence-electron chi connectivity index (χ4n) is 4.75. The molecular formula is C23H20ClF3N8O. The van der Waals surface area contributed by atoms with Crippen molar-refractivity contribution >= 4 is 34.4 Å². The van der Waals surface area contributed by atoms with Crippen LogP contribution in [0.25, 0.3) is 10.9 Å². The first kappa shape index (κ1) is 22.9. The summed E-state index contributed by atoms with van der Waals surface area (Å²) in [7, 11) is 0. The maximum atomic E-state index is 13.0. The molecule has 36 heavy (non-hydrogen) atoms. The zero-order valence-electron chi connectivity index (χ0n) is 18.8. The molecule has 3 aromatic heterocycles. The highest BCUT2D eigenvalue weighted by Crippen LogP contribution is 2.40. The van der Waals surface area contributed by atoms with Crippen molar-refractivity contribution in [2.24, 2.45) is 0 Å². The predicted molar refractivity (Wildman–Crippen MR) is 126 cm³/mol. The Balaban J connectivity index is 1.43. The second kappa shape index (κ2) is 8.86. The number of aromatic amines is 1. The lowest BCUT2D eigenvalue weighted by atomic mass is 9.94. The van der Waals surface area contributed by atoms with E-state index in [0.29, 0.717) is 56.4 Å². The number of H-pyrrole nitrogens is 1. The minimum atomic E-state index is -4.62. The summed E-state index contributed by atoms with van der Waals surface area (Å²) in [5, 5.41) is 8.83. The molecule has 2 aliphatic heterocycles. The van der Waals surface area contributed by atoms with Crippen molar-refractivity contribution in [2.45, 2.75) is 18.6 Å². The Morgan fingerprint density at radius 3 is 2.42 bits per heavy atom. The average molecular weight is 517 g/mol. The molecule has 0 amide bonds. The van der Waals surface area contributed by atoms with Crippen molar-refractivity contribution in [1.29, 1.82) is 0 Å². The summed E-state index contributed by atoms with van der Waals surface area (Å²) in [6.45, 7) is 3.08. The number of halogens is 4. The van der Waals surface area contributed by atoms with Gasteiger partial charge in [-0.2, -0.15) is 13.2 Å². The average Bonchev–Trinajstić information content (AvgIpc) is 3.26. The molecule has 1 fully saturated rings. The van der Waals surface area contributed by atoms with E-state index in [-0.39, 0.29) is 5.95 Å². The van der Waals surface area contributed by atoms with Crippen molar-refractivity contribution in [3.8, 4) is 0 Å². The van der Waals surface area contributed by atoms with Crippen LogP contribution in [0.4, 0.5) is 25.1 Å². The van der Waals surface area contributed by atoms with E-state index in [9.17, 15) is 13.2 Å². The molecule has 1 atom stereocenters. The summed E-state index contributed by atoms with van der Waals surface area (Å²) in [5.74, 6) is 0.688. The maximum absolute atomic E-state index is 13.0. The second-order valence-corrected chi connectivity index (χ2v) is 9.05. The van der Waals surface area contributed by atoms with Gasteiger partial charge >= 0.3 is 6.18 Å². The number of nitrogens with zero attached hydrogens (tertiary/aromatic N) is 7. The summed E-state index contributed by atoms with van der Waals surface area (Å²) in [5.41, 5.74) is 2.46. The molecule has 0 saturated carbocycles. The van der Waals surface area contributed by atoms with Gasteiger partial charge in [0.1, 0.15) is 6.04 Å². The number of alkyl halides is 3. The highest BCUT2D eigenvalue weighted by atomic mass is 35.5. The molecule has 6 rings (SSSR count). The van der Waals surface area contributed by atoms with Crippen LogP contribution in [0.3, 0.4) is 0 Å². The number of hydrogen-bond acceptors (Lipinski definition) is 8. The van der Waals surface area contributed by atoms with E-state index in [1.165, 1.54) is 0 Å². The van der Waals surface area contributed by atoms with Crippen LogP contribution in [0.5, 0.6) is 0 Å². The molecule has 0 bridgehead atoms. The van der Waals surface area contributed by atoms with Gasteiger partial charge in [0.05, 0.1) is 19.4 Å². The lowest BCUT2D eigenvalue weighted by Gasteiger charge is -2.35. The number of ether oxygens (including phenoxy) is 1. The summed E-state index contributed by atoms with van der Waals surface area (Å²) >= 11 is 6.26. The number of anilines is 2. The predicted octanol–water partition coefficient (Wildman–Crippen LogP) is 3.80. The molecule has 13 heteroatoms. The number of fused-ring (bicyclic) bond motifs is 3. The van der Waals surface area contributed by atoms with Gasteiger partial charge in [0, 0.05) is 59.2 Å². The Hall–Kier alpha value is -3.51. The smallest absolute Gasteiger partial charge is 0.378 e. The molecule has 0 spiro atoms. The van der Waals surface area contributed by atoms with Crippen molar-refractivity contribution in [3.63, 3.8) is 0 Å². The zero-order chi connectivity index (χ0) is 24.9. The van der Waals surface area contributed by atoms with Crippen LogP contribution in [-0.2, 0) is 17.3 Å². The third-order valence-corrected chi connectivity index (χ3v) is 6.69. The first-order valence-electron chi connectivity index (χ1n) is 11.4. The number of hydrogen-bond donors (Lipinski definition) is 1. The molecule has 0 aliphatic carbocycles. The largest absolute Gasteiger partial charge is 0.436 e. The number of morpholine rings is 1.